The molecule has 0 aliphatic rings. The molecule has 0 heteroatoms. The van der Waals surface area contributed by atoms with Crippen LogP contribution >= 0.6 is 0 Å². The predicted molar refractivity (Wildman–Crippen MR) is 73.8 cm³/mol. The van der Waals surface area contributed by atoms with Gasteiger partial charge in [-0.3, -0.25) is 0 Å². The van der Waals surface area contributed by atoms with Crippen LogP contribution in [0.4, 0.5) is 0 Å². The Labute approximate surface area is 96.9 Å². The van der Waals surface area contributed by atoms with E-state index in [9.17, 15) is 0 Å². The number of hydrogen-bond acceptors (Lipinski definition) is 0. The van der Waals surface area contributed by atoms with Crippen molar-refractivity contribution in [3.05, 3.63) is 72.2 Å². The minimum Gasteiger partial charge on any atom is -0.128 e. The van der Waals surface area contributed by atoms with Gasteiger partial charge in [0.2, 0.25) is 0 Å². The summed E-state index contributed by atoms with van der Waals surface area (Å²) in [5, 5.41) is 0. The molecule has 0 aliphatic carbocycles. The zero-order chi connectivity index (χ0) is 12.0. The Morgan fingerprint density at radius 2 is 1.12 bits per heavy atom. The van der Waals surface area contributed by atoms with Crippen molar-refractivity contribution in [2.24, 2.45) is 0 Å². The van der Waals surface area contributed by atoms with Gasteiger partial charge in [0.15, 0.2) is 0 Å². The first kappa shape index (κ1) is 11.8. The van der Waals surface area contributed by atoms with Crippen LogP contribution in [-0.2, 0) is 0 Å². The minimum atomic E-state index is 1.03. The Morgan fingerprint density at radius 1 is 0.750 bits per heavy atom. The van der Waals surface area contributed by atoms with E-state index in [1.165, 1.54) is 0 Å². The van der Waals surface area contributed by atoms with Crippen LogP contribution in [0.1, 0.15) is 22.3 Å². The van der Waals surface area contributed by atoms with E-state index in [0.29, 0.717) is 0 Å². The quantitative estimate of drug-likeness (QED) is 0.633. The van der Waals surface area contributed by atoms with Crippen LogP contribution in [0.15, 0.2) is 49.9 Å². The molecular formula is C16H14. The zero-order valence-corrected chi connectivity index (χ0v) is 9.29. The van der Waals surface area contributed by atoms with Gasteiger partial charge >= 0.3 is 0 Å². The summed E-state index contributed by atoms with van der Waals surface area (Å²) < 4.78 is 0. The molecule has 0 unspecified atom stereocenters. The lowest BCUT2D eigenvalue weighted by Gasteiger charge is -2.06. The molecule has 1 aromatic rings. The molecule has 0 N–H and O–H groups in total. The van der Waals surface area contributed by atoms with Gasteiger partial charge in [0, 0.05) is 0 Å². The van der Waals surface area contributed by atoms with Crippen molar-refractivity contribution in [3.63, 3.8) is 0 Å². The van der Waals surface area contributed by atoms with Gasteiger partial charge in [-0.1, -0.05) is 38.5 Å². The Balaban J connectivity index is 3.57. The van der Waals surface area contributed by atoms with Crippen LogP contribution in [0, 0.1) is 0 Å². The molecule has 0 saturated heterocycles. The van der Waals surface area contributed by atoms with E-state index in [-0.39, 0.29) is 0 Å². The maximum absolute atomic E-state index is 3.78. The SMILES string of the molecule is C=C=Cc1cc(C=C=C)c(C=C)cc1C=C. The summed E-state index contributed by atoms with van der Waals surface area (Å²) in [6, 6.07) is 4.04. The third-order valence-electron chi connectivity index (χ3n) is 2.24. The van der Waals surface area contributed by atoms with Crippen LogP contribution in [0.2, 0.25) is 0 Å². The molecular weight excluding hydrogens is 192 g/mol. The molecule has 0 fully saturated rings. The van der Waals surface area contributed by atoms with Crippen LogP contribution in [0.25, 0.3) is 24.3 Å². The van der Waals surface area contributed by atoms with E-state index in [1.54, 1.807) is 12.2 Å². The van der Waals surface area contributed by atoms with Gasteiger partial charge in [-0.25, -0.2) is 0 Å². The number of benzene rings is 1. The van der Waals surface area contributed by atoms with Crippen molar-refractivity contribution in [1.29, 1.82) is 0 Å². The molecule has 0 nitrogen and oxygen atoms in total. The second kappa shape index (κ2) is 5.58. The van der Waals surface area contributed by atoms with E-state index in [2.05, 4.69) is 37.8 Å². The van der Waals surface area contributed by atoms with Crippen molar-refractivity contribution in [2.45, 2.75) is 0 Å². The maximum Gasteiger partial charge on any atom is -0.0101 e. The highest BCUT2D eigenvalue weighted by molar-refractivity contribution is 5.74. The van der Waals surface area contributed by atoms with Gasteiger partial charge in [-0.15, -0.1) is 11.5 Å². The van der Waals surface area contributed by atoms with Crippen LogP contribution < -0.4 is 0 Å². The molecule has 0 heterocycles. The molecule has 1 aromatic carbocycles. The first-order valence-electron chi connectivity index (χ1n) is 4.91. The standard InChI is InChI=1S/C16H14/c1-5-9-15-12-16(10-6-2)14(8-4)11-13(15)7-3/h7-12H,1-4H2. The molecule has 16 heavy (non-hydrogen) atoms. The Kier molecular flexibility index (Phi) is 4.12. The highest BCUT2D eigenvalue weighted by atomic mass is 14.1. The third kappa shape index (κ3) is 2.40. The molecule has 0 aliphatic heterocycles. The van der Waals surface area contributed by atoms with Crippen molar-refractivity contribution in [1.82, 2.24) is 0 Å². The summed E-state index contributed by atoms with van der Waals surface area (Å²) in [7, 11) is 0. The van der Waals surface area contributed by atoms with Gasteiger partial charge in [0.05, 0.1) is 0 Å². The topological polar surface area (TPSA) is 0 Å². The van der Waals surface area contributed by atoms with Gasteiger partial charge < -0.3 is 0 Å². The molecule has 0 saturated carbocycles. The lowest BCUT2D eigenvalue weighted by atomic mass is 9.98. The van der Waals surface area contributed by atoms with Gasteiger partial charge in [-0.05, 0) is 46.5 Å². The predicted octanol–water partition coefficient (Wildman–Crippen LogP) is 4.57. The highest BCUT2D eigenvalue weighted by Crippen LogP contribution is 2.21. The molecule has 0 bridgehead atoms. The molecule has 0 radical (unpaired) electrons. The smallest absolute Gasteiger partial charge is 0.0101 e. The summed E-state index contributed by atoms with van der Waals surface area (Å²) in [5.74, 6) is 0. The van der Waals surface area contributed by atoms with Crippen molar-refractivity contribution in [2.75, 3.05) is 0 Å². The largest absolute Gasteiger partial charge is 0.128 e. The molecule has 0 aromatic heterocycles. The number of rotatable bonds is 4. The van der Waals surface area contributed by atoms with E-state index in [0.717, 1.165) is 22.3 Å². The van der Waals surface area contributed by atoms with Crippen molar-refractivity contribution in [3.8, 4) is 0 Å². The fourth-order valence-corrected chi connectivity index (χ4v) is 1.49. The maximum atomic E-state index is 3.78. The second-order valence-corrected chi connectivity index (χ2v) is 3.22. The van der Waals surface area contributed by atoms with Crippen LogP contribution in [-0.4, -0.2) is 0 Å². The fraction of sp³-hybridized carbons (Fsp3) is 0. The molecule has 0 amide bonds. The number of hydrogen-bond donors (Lipinski definition) is 0. The summed E-state index contributed by atoms with van der Waals surface area (Å²) in [5.41, 5.74) is 9.65. The normalized spacial score (nSPS) is 8.50. The Bertz CT molecular complexity index is 472. The molecule has 1 rings (SSSR count). The second-order valence-electron chi connectivity index (χ2n) is 3.22. The minimum absolute atomic E-state index is 1.03. The summed E-state index contributed by atoms with van der Waals surface area (Å²) in [4.78, 5) is 0. The lowest BCUT2D eigenvalue weighted by molar-refractivity contribution is 1.55. The lowest BCUT2D eigenvalue weighted by Crippen LogP contribution is -1.87. The average molecular weight is 206 g/mol. The summed E-state index contributed by atoms with van der Waals surface area (Å²) in [6.45, 7) is 14.7. The van der Waals surface area contributed by atoms with E-state index in [4.69, 9.17) is 0 Å². The van der Waals surface area contributed by atoms with Gasteiger partial charge in [0.25, 0.3) is 0 Å². The Morgan fingerprint density at radius 3 is 1.44 bits per heavy atom. The van der Waals surface area contributed by atoms with Crippen molar-refractivity contribution >= 4 is 24.3 Å². The first-order chi connectivity index (χ1) is 7.76. The summed E-state index contributed by atoms with van der Waals surface area (Å²) >= 11 is 0. The van der Waals surface area contributed by atoms with Crippen LogP contribution in [0.5, 0.6) is 0 Å². The van der Waals surface area contributed by atoms with E-state index >= 15 is 0 Å². The van der Waals surface area contributed by atoms with Crippen molar-refractivity contribution < 1.29 is 0 Å². The van der Waals surface area contributed by atoms with E-state index < -0.39 is 0 Å². The molecule has 0 spiro atoms. The van der Waals surface area contributed by atoms with Gasteiger partial charge in [-0.2, -0.15) is 0 Å². The molecule has 78 valence electrons. The monoisotopic (exact) mass is 206 g/mol. The first-order valence-corrected chi connectivity index (χ1v) is 4.91. The molecule has 0 atom stereocenters. The average Bonchev–Trinajstić information content (AvgIpc) is 2.30. The van der Waals surface area contributed by atoms with Crippen LogP contribution in [0.3, 0.4) is 0 Å². The highest BCUT2D eigenvalue weighted by Gasteiger charge is 2.02. The zero-order valence-electron chi connectivity index (χ0n) is 9.29. The Hall–Kier alpha value is -2.26. The third-order valence-corrected chi connectivity index (χ3v) is 2.24. The van der Waals surface area contributed by atoms with Gasteiger partial charge in [0.1, 0.15) is 0 Å². The summed E-state index contributed by atoms with van der Waals surface area (Å²) in [6.07, 6.45) is 7.25. The fourth-order valence-electron chi connectivity index (χ4n) is 1.49. The van der Waals surface area contributed by atoms with E-state index in [1.807, 2.05) is 24.3 Å².